The molecule has 0 bridgehead atoms. The third-order valence-electron chi connectivity index (χ3n) is 4.25. The van der Waals surface area contributed by atoms with Gasteiger partial charge in [-0.1, -0.05) is 26.0 Å². The summed E-state index contributed by atoms with van der Waals surface area (Å²) < 4.78 is 2.09. The summed E-state index contributed by atoms with van der Waals surface area (Å²) in [6.45, 7) is 4.71. The van der Waals surface area contributed by atoms with Crippen LogP contribution in [0.15, 0.2) is 36.7 Å². The van der Waals surface area contributed by atoms with Crippen LogP contribution >= 0.6 is 0 Å². The average Bonchev–Trinajstić information content (AvgIpc) is 3.23. The summed E-state index contributed by atoms with van der Waals surface area (Å²) in [6.07, 6.45) is 5.92. The highest BCUT2D eigenvalue weighted by Crippen LogP contribution is 2.24. The molecule has 0 saturated heterocycles. The van der Waals surface area contributed by atoms with Crippen molar-refractivity contribution in [1.29, 1.82) is 0 Å². The summed E-state index contributed by atoms with van der Waals surface area (Å²) in [7, 11) is 0. The highest BCUT2D eigenvalue weighted by atomic mass is 16.2. The highest BCUT2D eigenvalue weighted by molar-refractivity contribution is 5.84. The summed E-state index contributed by atoms with van der Waals surface area (Å²) in [5.74, 6) is 0.992. The molecule has 6 heteroatoms. The topological polar surface area (TPSA) is 75.6 Å². The third kappa shape index (κ3) is 3.18. The normalized spacial score (nSPS) is 12.4. The number of carbonyl (C=O) groups is 1. The van der Waals surface area contributed by atoms with Crippen LogP contribution in [0.4, 0.5) is 0 Å². The first-order valence-electron chi connectivity index (χ1n) is 8.45. The summed E-state index contributed by atoms with van der Waals surface area (Å²) in [4.78, 5) is 17.4. The number of amides is 1. The number of hydrogen-bond acceptors (Lipinski definition) is 3. The van der Waals surface area contributed by atoms with E-state index in [1.165, 1.54) is 0 Å². The summed E-state index contributed by atoms with van der Waals surface area (Å²) in [5, 5.41) is 9.75. The van der Waals surface area contributed by atoms with Gasteiger partial charge in [0.05, 0.1) is 17.2 Å². The van der Waals surface area contributed by atoms with Crippen LogP contribution in [0.2, 0.25) is 0 Å². The molecular formula is C18H23N5O. The standard InChI is InChI=1S/C18H23N5O/c1-3-15(18(24)19-10-9-13-11-20-21-12-13)23-16-8-6-5-7-14(16)22-17(23)4-2/h5-8,11-12,15H,3-4,9-10H2,1-2H3,(H,19,24)(H,20,21)/t15-/m1/s1. The van der Waals surface area contributed by atoms with Gasteiger partial charge in [-0.25, -0.2) is 4.98 Å². The molecule has 0 aliphatic rings. The van der Waals surface area contributed by atoms with E-state index in [1.807, 2.05) is 37.4 Å². The molecule has 0 fully saturated rings. The van der Waals surface area contributed by atoms with Crippen LogP contribution in [0, 0.1) is 0 Å². The molecule has 0 radical (unpaired) electrons. The second-order valence-corrected chi connectivity index (χ2v) is 5.81. The SMILES string of the molecule is CCc1nc2ccccc2n1[C@H](CC)C(=O)NCCc1cn[nH]c1. The predicted molar refractivity (Wildman–Crippen MR) is 93.7 cm³/mol. The maximum Gasteiger partial charge on any atom is 0.243 e. The van der Waals surface area contributed by atoms with Crippen molar-refractivity contribution in [2.24, 2.45) is 0 Å². The first kappa shape index (κ1) is 16.2. The van der Waals surface area contributed by atoms with E-state index in [1.54, 1.807) is 6.20 Å². The molecule has 3 aromatic rings. The number of benzene rings is 1. The van der Waals surface area contributed by atoms with E-state index in [-0.39, 0.29) is 11.9 Å². The van der Waals surface area contributed by atoms with Crippen molar-refractivity contribution in [3.05, 3.63) is 48.0 Å². The summed E-state index contributed by atoms with van der Waals surface area (Å²) in [5.41, 5.74) is 3.05. The Morgan fingerprint density at radius 1 is 1.33 bits per heavy atom. The van der Waals surface area contributed by atoms with Crippen molar-refractivity contribution in [1.82, 2.24) is 25.1 Å². The molecule has 1 amide bonds. The Morgan fingerprint density at radius 3 is 2.88 bits per heavy atom. The van der Waals surface area contributed by atoms with Crippen LogP contribution in [-0.4, -0.2) is 32.2 Å². The van der Waals surface area contributed by atoms with Crippen molar-refractivity contribution in [3.8, 4) is 0 Å². The summed E-state index contributed by atoms with van der Waals surface area (Å²) in [6, 6.07) is 7.75. The number of carbonyl (C=O) groups excluding carboxylic acids is 1. The molecular weight excluding hydrogens is 302 g/mol. The lowest BCUT2D eigenvalue weighted by Crippen LogP contribution is -2.34. The van der Waals surface area contributed by atoms with Gasteiger partial charge in [-0.15, -0.1) is 0 Å². The van der Waals surface area contributed by atoms with E-state index in [0.29, 0.717) is 6.54 Å². The van der Waals surface area contributed by atoms with Gasteiger partial charge in [0.25, 0.3) is 0 Å². The monoisotopic (exact) mass is 325 g/mol. The fourth-order valence-corrected chi connectivity index (χ4v) is 3.04. The van der Waals surface area contributed by atoms with Gasteiger partial charge >= 0.3 is 0 Å². The number of para-hydroxylation sites is 2. The Balaban J connectivity index is 1.79. The zero-order valence-corrected chi connectivity index (χ0v) is 14.1. The van der Waals surface area contributed by atoms with E-state index < -0.39 is 0 Å². The maximum absolute atomic E-state index is 12.7. The van der Waals surface area contributed by atoms with Gasteiger partial charge in [0.2, 0.25) is 5.91 Å². The number of hydrogen-bond donors (Lipinski definition) is 2. The third-order valence-corrected chi connectivity index (χ3v) is 4.25. The van der Waals surface area contributed by atoms with Gasteiger partial charge in [-0.05, 0) is 30.5 Å². The lowest BCUT2D eigenvalue weighted by molar-refractivity contribution is -0.124. The molecule has 0 aliphatic heterocycles. The number of rotatable bonds is 7. The van der Waals surface area contributed by atoms with Gasteiger partial charge in [0.15, 0.2) is 0 Å². The number of aryl methyl sites for hydroxylation is 1. The minimum atomic E-state index is -0.239. The van der Waals surface area contributed by atoms with E-state index >= 15 is 0 Å². The van der Waals surface area contributed by atoms with Gasteiger partial charge in [0.1, 0.15) is 11.9 Å². The zero-order chi connectivity index (χ0) is 16.9. The minimum absolute atomic E-state index is 0.0406. The second kappa shape index (κ2) is 7.29. The molecule has 1 atom stereocenters. The van der Waals surface area contributed by atoms with Gasteiger partial charge < -0.3 is 9.88 Å². The van der Waals surface area contributed by atoms with Crippen LogP contribution in [0.3, 0.4) is 0 Å². The van der Waals surface area contributed by atoms with Crippen LogP contribution in [-0.2, 0) is 17.6 Å². The average molecular weight is 325 g/mol. The first-order chi connectivity index (χ1) is 11.7. The van der Waals surface area contributed by atoms with Gasteiger partial charge in [-0.3, -0.25) is 9.89 Å². The van der Waals surface area contributed by atoms with Crippen molar-refractivity contribution in [2.75, 3.05) is 6.54 Å². The number of aromatic amines is 1. The Bertz CT molecular complexity index is 806. The van der Waals surface area contributed by atoms with E-state index in [4.69, 9.17) is 0 Å². The van der Waals surface area contributed by atoms with E-state index in [2.05, 4.69) is 32.0 Å². The van der Waals surface area contributed by atoms with Crippen molar-refractivity contribution in [2.45, 2.75) is 39.2 Å². The Labute approximate surface area is 141 Å². The Kier molecular flexibility index (Phi) is 4.93. The Morgan fingerprint density at radius 2 is 2.17 bits per heavy atom. The molecule has 6 nitrogen and oxygen atoms in total. The number of fused-ring (bicyclic) bond motifs is 1. The van der Waals surface area contributed by atoms with Crippen molar-refractivity contribution in [3.63, 3.8) is 0 Å². The fourth-order valence-electron chi connectivity index (χ4n) is 3.04. The van der Waals surface area contributed by atoms with Crippen molar-refractivity contribution >= 4 is 16.9 Å². The largest absolute Gasteiger partial charge is 0.354 e. The minimum Gasteiger partial charge on any atom is -0.354 e. The second-order valence-electron chi connectivity index (χ2n) is 5.81. The molecule has 1 aromatic carbocycles. The van der Waals surface area contributed by atoms with Crippen LogP contribution in [0.25, 0.3) is 11.0 Å². The maximum atomic E-state index is 12.7. The van der Waals surface area contributed by atoms with E-state index in [0.717, 1.165) is 41.7 Å². The first-order valence-corrected chi connectivity index (χ1v) is 8.45. The zero-order valence-electron chi connectivity index (χ0n) is 14.1. The van der Waals surface area contributed by atoms with Gasteiger partial charge in [-0.2, -0.15) is 5.10 Å². The molecule has 0 unspecified atom stereocenters. The quantitative estimate of drug-likeness (QED) is 0.701. The lowest BCUT2D eigenvalue weighted by Gasteiger charge is -2.19. The number of nitrogens with zero attached hydrogens (tertiary/aromatic N) is 3. The molecule has 2 N–H and O–H groups in total. The lowest BCUT2D eigenvalue weighted by atomic mass is 10.1. The molecule has 24 heavy (non-hydrogen) atoms. The molecule has 0 aliphatic carbocycles. The van der Waals surface area contributed by atoms with E-state index in [9.17, 15) is 4.79 Å². The fraction of sp³-hybridized carbons (Fsp3) is 0.389. The number of aromatic nitrogens is 4. The molecule has 0 spiro atoms. The number of imidazole rings is 1. The molecule has 2 aromatic heterocycles. The molecule has 2 heterocycles. The van der Waals surface area contributed by atoms with Gasteiger partial charge in [0, 0.05) is 19.2 Å². The number of nitrogens with one attached hydrogen (secondary N) is 2. The highest BCUT2D eigenvalue weighted by Gasteiger charge is 2.23. The number of H-pyrrole nitrogens is 1. The summed E-state index contributed by atoms with van der Waals surface area (Å²) >= 11 is 0. The van der Waals surface area contributed by atoms with Crippen molar-refractivity contribution < 1.29 is 4.79 Å². The molecule has 126 valence electrons. The van der Waals surface area contributed by atoms with Crippen LogP contribution in [0.5, 0.6) is 0 Å². The smallest absolute Gasteiger partial charge is 0.243 e. The molecule has 3 rings (SSSR count). The molecule has 0 saturated carbocycles. The van der Waals surface area contributed by atoms with Crippen LogP contribution in [0.1, 0.15) is 37.7 Å². The predicted octanol–water partition coefficient (Wildman–Crippen LogP) is 2.63. The Hall–Kier alpha value is -2.63. The van der Waals surface area contributed by atoms with Crippen LogP contribution < -0.4 is 5.32 Å².